The normalized spacial score (nSPS) is 39.5. The van der Waals surface area contributed by atoms with Gasteiger partial charge < -0.3 is 79.9 Å². The molecule has 0 aromatic rings. The average molecular weight is 532 g/mol. The summed E-state index contributed by atoms with van der Waals surface area (Å²) in [4.78, 5) is 10.8. The Morgan fingerprint density at radius 1 is 0.722 bits per heavy atom. The molecule has 2 heterocycles. The minimum Gasteiger partial charge on any atom is -0.460 e. The van der Waals surface area contributed by atoms with Gasteiger partial charge in [0.15, 0.2) is 5.76 Å². The van der Waals surface area contributed by atoms with Crippen molar-refractivity contribution < 1.29 is 84.7 Å². The van der Waals surface area contributed by atoms with Gasteiger partial charge in [-0.3, -0.25) is 4.79 Å². The molecule has 210 valence electrons. The Morgan fingerprint density at radius 2 is 1.17 bits per heavy atom. The van der Waals surface area contributed by atoms with Crippen LogP contribution in [-0.4, -0.2) is 156 Å². The molecule has 0 radical (unpaired) electrons. The molecule has 2 aliphatic rings. The molecule has 2 aliphatic heterocycles. The summed E-state index contributed by atoms with van der Waals surface area (Å²) in [5.41, 5.74) is 0. The maximum Gasteiger partial charge on any atom is 0.295 e. The standard InChI is InChI=1S/C19H32O17/c20-2-1-6(24)15(35-18-13(29)11(27)9(25)7(3-21)33-18)16(17(31)32-5-23)36-19-14(30)12(28)10(26)8(4-22)34-19/h5-14,17-22,24-31H,1-4H2/b16-15+. The van der Waals surface area contributed by atoms with Crippen molar-refractivity contribution in [2.24, 2.45) is 0 Å². The van der Waals surface area contributed by atoms with Gasteiger partial charge in [-0.05, 0) is 0 Å². The number of carbonyl (C=O) groups is 1. The quantitative estimate of drug-likeness (QED) is 0.0632. The Kier molecular flexibility index (Phi) is 11.6. The molecular weight excluding hydrogens is 500 g/mol. The van der Waals surface area contributed by atoms with E-state index in [2.05, 4.69) is 4.74 Å². The van der Waals surface area contributed by atoms with Crippen LogP contribution in [0.2, 0.25) is 0 Å². The molecule has 0 aromatic carbocycles. The minimum atomic E-state index is -2.40. The lowest BCUT2D eigenvalue weighted by Gasteiger charge is -2.41. The maximum atomic E-state index is 10.8. The molecule has 12 atom stereocenters. The van der Waals surface area contributed by atoms with E-state index in [1.807, 2.05) is 0 Å². The predicted octanol–water partition coefficient (Wildman–Crippen LogP) is -6.93. The molecule has 0 saturated carbocycles. The van der Waals surface area contributed by atoms with E-state index in [0.29, 0.717) is 0 Å². The number of hydrogen-bond donors (Lipinski definition) is 11. The number of aliphatic hydroxyl groups is 11. The highest BCUT2D eigenvalue weighted by molar-refractivity contribution is 5.38. The zero-order valence-electron chi connectivity index (χ0n) is 18.7. The molecule has 2 saturated heterocycles. The number of rotatable bonds is 12. The third kappa shape index (κ3) is 6.78. The molecule has 17 heteroatoms. The van der Waals surface area contributed by atoms with Crippen molar-refractivity contribution >= 4 is 6.47 Å². The molecule has 0 aromatic heterocycles. The zero-order valence-corrected chi connectivity index (χ0v) is 18.7. The van der Waals surface area contributed by atoms with Crippen LogP contribution in [0.5, 0.6) is 0 Å². The first-order valence-electron chi connectivity index (χ1n) is 10.8. The van der Waals surface area contributed by atoms with E-state index in [0.717, 1.165) is 0 Å². The number of hydrogen-bond acceptors (Lipinski definition) is 17. The van der Waals surface area contributed by atoms with Crippen molar-refractivity contribution in [3.63, 3.8) is 0 Å². The second-order valence-electron chi connectivity index (χ2n) is 7.97. The fourth-order valence-corrected chi connectivity index (χ4v) is 3.49. The largest absolute Gasteiger partial charge is 0.460 e. The van der Waals surface area contributed by atoms with Crippen LogP contribution in [0.3, 0.4) is 0 Å². The van der Waals surface area contributed by atoms with Crippen LogP contribution >= 0.6 is 0 Å². The molecule has 0 amide bonds. The van der Waals surface area contributed by atoms with E-state index in [4.69, 9.17) is 18.9 Å². The van der Waals surface area contributed by atoms with E-state index in [9.17, 15) is 61.0 Å². The second kappa shape index (κ2) is 13.7. The highest BCUT2D eigenvalue weighted by Gasteiger charge is 2.48. The van der Waals surface area contributed by atoms with Gasteiger partial charge in [0.05, 0.1) is 13.2 Å². The third-order valence-electron chi connectivity index (χ3n) is 5.54. The Labute approximate surface area is 203 Å². The molecule has 2 rings (SSSR count). The first-order valence-corrected chi connectivity index (χ1v) is 10.8. The summed E-state index contributed by atoms with van der Waals surface area (Å²) in [7, 11) is 0. The third-order valence-corrected chi connectivity index (χ3v) is 5.54. The van der Waals surface area contributed by atoms with Crippen LogP contribution in [0.4, 0.5) is 0 Å². The van der Waals surface area contributed by atoms with Gasteiger partial charge in [-0.1, -0.05) is 0 Å². The summed E-state index contributed by atoms with van der Waals surface area (Å²) in [6.45, 7) is -2.61. The Morgan fingerprint density at radius 3 is 1.56 bits per heavy atom. The van der Waals surface area contributed by atoms with Crippen LogP contribution < -0.4 is 0 Å². The maximum absolute atomic E-state index is 10.8. The van der Waals surface area contributed by atoms with Crippen molar-refractivity contribution in [3.05, 3.63) is 11.5 Å². The van der Waals surface area contributed by atoms with Crippen molar-refractivity contribution in [2.45, 2.75) is 80.2 Å². The van der Waals surface area contributed by atoms with Gasteiger partial charge in [-0.15, -0.1) is 0 Å². The van der Waals surface area contributed by atoms with Crippen LogP contribution in [0, 0.1) is 0 Å². The van der Waals surface area contributed by atoms with Gasteiger partial charge >= 0.3 is 0 Å². The van der Waals surface area contributed by atoms with E-state index in [1.54, 1.807) is 0 Å². The lowest BCUT2D eigenvalue weighted by atomic mass is 9.99. The molecule has 2 fully saturated rings. The molecule has 17 nitrogen and oxygen atoms in total. The Balaban J connectivity index is 2.49. The van der Waals surface area contributed by atoms with Crippen LogP contribution in [0.15, 0.2) is 11.5 Å². The predicted molar refractivity (Wildman–Crippen MR) is 108 cm³/mol. The lowest BCUT2D eigenvalue weighted by molar-refractivity contribution is -0.306. The van der Waals surface area contributed by atoms with Crippen molar-refractivity contribution in [3.8, 4) is 0 Å². The van der Waals surface area contributed by atoms with Gasteiger partial charge in [-0.2, -0.15) is 0 Å². The van der Waals surface area contributed by atoms with Crippen molar-refractivity contribution in [1.29, 1.82) is 0 Å². The van der Waals surface area contributed by atoms with Gasteiger partial charge in [0, 0.05) is 13.0 Å². The van der Waals surface area contributed by atoms with Crippen molar-refractivity contribution in [1.82, 2.24) is 0 Å². The van der Waals surface area contributed by atoms with Crippen LogP contribution in [0.1, 0.15) is 6.42 Å². The highest BCUT2D eigenvalue weighted by atomic mass is 16.7. The summed E-state index contributed by atoms with van der Waals surface area (Å²) in [6.07, 6.45) is -23.1. The smallest absolute Gasteiger partial charge is 0.295 e. The average Bonchev–Trinajstić information content (AvgIpc) is 2.86. The van der Waals surface area contributed by atoms with E-state index < -0.39 is 112 Å². The fourth-order valence-electron chi connectivity index (χ4n) is 3.49. The van der Waals surface area contributed by atoms with Crippen LogP contribution in [0.25, 0.3) is 0 Å². The fraction of sp³-hybridized carbons (Fsp3) is 0.842. The van der Waals surface area contributed by atoms with E-state index in [1.165, 1.54) is 0 Å². The summed E-state index contributed by atoms with van der Waals surface area (Å²) < 4.78 is 25.4. The summed E-state index contributed by atoms with van der Waals surface area (Å²) >= 11 is 0. The molecule has 11 N–H and O–H groups in total. The van der Waals surface area contributed by atoms with Crippen molar-refractivity contribution in [2.75, 3.05) is 19.8 Å². The summed E-state index contributed by atoms with van der Waals surface area (Å²) in [5.74, 6) is -1.90. The van der Waals surface area contributed by atoms with E-state index in [-0.39, 0.29) is 6.47 Å². The summed E-state index contributed by atoms with van der Waals surface area (Å²) in [5, 5.41) is 109. The highest BCUT2D eigenvalue weighted by Crippen LogP contribution is 2.30. The van der Waals surface area contributed by atoms with Crippen LogP contribution in [-0.2, 0) is 28.5 Å². The lowest BCUT2D eigenvalue weighted by Crippen LogP contribution is -2.60. The van der Waals surface area contributed by atoms with E-state index >= 15 is 0 Å². The minimum absolute atomic E-state index is 0.245. The molecule has 36 heavy (non-hydrogen) atoms. The summed E-state index contributed by atoms with van der Waals surface area (Å²) in [6, 6.07) is 0. The number of ether oxygens (including phenoxy) is 5. The Bertz CT molecular complexity index is 716. The number of aliphatic hydroxyl groups excluding tert-OH is 11. The van der Waals surface area contributed by atoms with Gasteiger partial charge in [0.25, 0.3) is 12.8 Å². The SMILES string of the molecule is O=COC(O)/C(OC1OC(CO)C(O)C(O)C1O)=C(\OC1OC(CO)C(O)C(O)C1O)C(O)CCO. The molecule has 0 bridgehead atoms. The first kappa shape index (κ1) is 30.5. The molecule has 0 spiro atoms. The number of carbonyl (C=O) groups excluding carboxylic acids is 1. The molecular formula is C19H32O17. The topological polar surface area (TPSA) is 286 Å². The van der Waals surface area contributed by atoms with Gasteiger partial charge in [0.1, 0.15) is 54.9 Å². The molecule has 12 unspecified atom stereocenters. The molecule has 0 aliphatic carbocycles. The zero-order chi connectivity index (χ0) is 27.2. The second-order valence-corrected chi connectivity index (χ2v) is 7.97. The van der Waals surface area contributed by atoms with Gasteiger partial charge in [0.2, 0.25) is 18.3 Å². The Hall–Kier alpha value is -1.71. The first-order chi connectivity index (χ1) is 17.0. The monoisotopic (exact) mass is 532 g/mol. The van der Waals surface area contributed by atoms with Gasteiger partial charge in [-0.25, -0.2) is 0 Å².